The molecule has 0 aliphatic rings. The number of benzene rings is 2. The van der Waals surface area contributed by atoms with Crippen molar-refractivity contribution in [3.8, 4) is 22.8 Å². The second-order valence-electron chi connectivity index (χ2n) is 5.72. The molecule has 0 unspecified atom stereocenters. The summed E-state index contributed by atoms with van der Waals surface area (Å²) in [6.07, 6.45) is 0.778. The number of aromatic nitrogens is 2. The van der Waals surface area contributed by atoms with E-state index in [-0.39, 0.29) is 5.91 Å². The van der Waals surface area contributed by atoms with Crippen LogP contribution in [0.4, 0.5) is 0 Å². The van der Waals surface area contributed by atoms with Crippen LogP contribution in [0.2, 0.25) is 0 Å². The molecule has 6 heteroatoms. The normalized spacial score (nSPS) is 10.4. The van der Waals surface area contributed by atoms with E-state index in [2.05, 4.69) is 15.5 Å². The van der Waals surface area contributed by atoms with E-state index in [1.54, 1.807) is 26.4 Å². The molecule has 0 aliphatic heterocycles. The molecule has 2 aromatic carbocycles. The highest BCUT2D eigenvalue weighted by Gasteiger charge is 2.14. The molecule has 2 N–H and O–H groups in total. The Bertz CT molecular complexity index is 875. The molecule has 0 fully saturated rings. The number of methoxy groups -OCH3 is 2. The first-order valence-corrected chi connectivity index (χ1v) is 8.31. The summed E-state index contributed by atoms with van der Waals surface area (Å²) < 4.78 is 10.6. The lowest BCUT2D eigenvalue weighted by Gasteiger charge is -2.08. The fourth-order valence-electron chi connectivity index (χ4n) is 2.65. The third-order valence-electron chi connectivity index (χ3n) is 4.05. The minimum atomic E-state index is -0.188. The highest BCUT2D eigenvalue weighted by molar-refractivity contribution is 5.93. The van der Waals surface area contributed by atoms with Gasteiger partial charge in [-0.3, -0.25) is 9.89 Å². The van der Waals surface area contributed by atoms with Crippen molar-refractivity contribution in [3.63, 3.8) is 0 Å². The van der Waals surface area contributed by atoms with Crippen LogP contribution >= 0.6 is 0 Å². The Hall–Kier alpha value is -3.28. The molecule has 1 aromatic heterocycles. The fourth-order valence-corrected chi connectivity index (χ4v) is 2.65. The van der Waals surface area contributed by atoms with Crippen LogP contribution in [-0.2, 0) is 6.42 Å². The van der Waals surface area contributed by atoms with Gasteiger partial charge < -0.3 is 14.8 Å². The van der Waals surface area contributed by atoms with E-state index >= 15 is 0 Å². The first kappa shape index (κ1) is 17.5. The maximum atomic E-state index is 12.3. The largest absolute Gasteiger partial charge is 0.497 e. The predicted molar refractivity (Wildman–Crippen MR) is 99.6 cm³/mol. The third kappa shape index (κ3) is 4.03. The maximum Gasteiger partial charge on any atom is 0.269 e. The van der Waals surface area contributed by atoms with E-state index in [4.69, 9.17) is 9.47 Å². The molecule has 0 radical (unpaired) electrons. The molecule has 1 amide bonds. The highest BCUT2D eigenvalue weighted by atomic mass is 16.5. The van der Waals surface area contributed by atoms with E-state index < -0.39 is 0 Å². The van der Waals surface area contributed by atoms with Crippen LogP contribution in [0.3, 0.4) is 0 Å². The summed E-state index contributed by atoms with van der Waals surface area (Å²) in [7, 11) is 3.18. The monoisotopic (exact) mass is 351 g/mol. The molecule has 0 bridgehead atoms. The van der Waals surface area contributed by atoms with Gasteiger partial charge in [-0.2, -0.15) is 5.10 Å². The van der Waals surface area contributed by atoms with E-state index in [1.165, 1.54) is 5.56 Å². The molecule has 1 heterocycles. The van der Waals surface area contributed by atoms with Gasteiger partial charge in [-0.15, -0.1) is 0 Å². The third-order valence-corrected chi connectivity index (χ3v) is 4.05. The lowest BCUT2D eigenvalue weighted by molar-refractivity contribution is 0.0949. The van der Waals surface area contributed by atoms with Crippen LogP contribution in [0.25, 0.3) is 11.3 Å². The van der Waals surface area contributed by atoms with Gasteiger partial charge in [-0.05, 0) is 30.2 Å². The molecule has 134 valence electrons. The minimum Gasteiger partial charge on any atom is -0.497 e. The standard InChI is InChI=1S/C20H21N3O3/c1-25-15-8-9-16(19(12-15)26-2)17-13-18(23-22-17)20(24)21-11-10-14-6-4-3-5-7-14/h3-9,12-13H,10-11H2,1-2H3,(H,21,24)(H,22,23). The zero-order valence-corrected chi connectivity index (χ0v) is 14.8. The highest BCUT2D eigenvalue weighted by Crippen LogP contribution is 2.32. The number of carbonyl (C=O) groups excluding carboxylic acids is 1. The lowest BCUT2D eigenvalue weighted by atomic mass is 10.1. The number of nitrogens with zero attached hydrogens (tertiary/aromatic N) is 1. The second-order valence-corrected chi connectivity index (χ2v) is 5.72. The number of hydrogen-bond donors (Lipinski definition) is 2. The molecule has 6 nitrogen and oxygen atoms in total. The number of carbonyl (C=O) groups is 1. The van der Waals surface area contributed by atoms with Crippen molar-refractivity contribution in [1.82, 2.24) is 15.5 Å². The van der Waals surface area contributed by atoms with Crippen molar-refractivity contribution < 1.29 is 14.3 Å². The number of H-pyrrole nitrogens is 1. The number of ether oxygens (including phenoxy) is 2. The van der Waals surface area contributed by atoms with Crippen molar-refractivity contribution in [1.29, 1.82) is 0 Å². The van der Waals surface area contributed by atoms with Gasteiger partial charge in [0.25, 0.3) is 5.91 Å². The summed E-state index contributed by atoms with van der Waals surface area (Å²) in [5.41, 5.74) is 3.01. The summed E-state index contributed by atoms with van der Waals surface area (Å²) in [5.74, 6) is 1.14. The van der Waals surface area contributed by atoms with E-state index in [1.807, 2.05) is 42.5 Å². The first-order chi connectivity index (χ1) is 12.7. The summed E-state index contributed by atoms with van der Waals surface area (Å²) >= 11 is 0. The predicted octanol–water partition coefficient (Wildman–Crippen LogP) is 3.07. The minimum absolute atomic E-state index is 0.188. The Morgan fingerprint density at radius 3 is 2.62 bits per heavy atom. The van der Waals surface area contributed by atoms with Gasteiger partial charge in [0.05, 0.1) is 19.9 Å². The Balaban J connectivity index is 1.66. The van der Waals surface area contributed by atoms with E-state index in [0.717, 1.165) is 12.0 Å². The average Bonchev–Trinajstić information content (AvgIpc) is 3.18. The van der Waals surface area contributed by atoms with Crippen LogP contribution < -0.4 is 14.8 Å². The Morgan fingerprint density at radius 2 is 1.88 bits per heavy atom. The molecule has 26 heavy (non-hydrogen) atoms. The number of aromatic amines is 1. The van der Waals surface area contributed by atoms with E-state index in [0.29, 0.717) is 29.4 Å². The summed E-state index contributed by atoms with van der Waals surface area (Å²) in [6.45, 7) is 0.559. The maximum absolute atomic E-state index is 12.3. The second kappa shape index (κ2) is 8.20. The Kier molecular flexibility index (Phi) is 5.53. The van der Waals surface area contributed by atoms with Crippen molar-refractivity contribution in [2.45, 2.75) is 6.42 Å². The molecule has 3 aromatic rings. The zero-order valence-electron chi connectivity index (χ0n) is 14.8. The van der Waals surface area contributed by atoms with Crippen LogP contribution in [0.1, 0.15) is 16.1 Å². The molecule has 0 saturated heterocycles. The van der Waals surface area contributed by atoms with Crippen LogP contribution in [0.5, 0.6) is 11.5 Å². The number of rotatable bonds is 7. The average molecular weight is 351 g/mol. The molecule has 0 aliphatic carbocycles. The summed E-state index contributed by atoms with van der Waals surface area (Å²) in [5, 5.41) is 9.91. The van der Waals surface area contributed by atoms with Gasteiger partial charge >= 0.3 is 0 Å². The summed E-state index contributed by atoms with van der Waals surface area (Å²) in [6, 6.07) is 17.2. The van der Waals surface area contributed by atoms with Gasteiger partial charge in [0.1, 0.15) is 17.2 Å². The van der Waals surface area contributed by atoms with E-state index in [9.17, 15) is 4.79 Å². The SMILES string of the molecule is COc1ccc(-c2cc(C(=O)NCCc3ccccc3)[nH]n2)c(OC)c1. The quantitative estimate of drug-likeness (QED) is 0.686. The van der Waals surface area contributed by atoms with Crippen molar-refractivity contribution in [2.24, 2.45) is 0 Å². The van der Waals surface area contributed by atoms with Crippen LogP contribution in [-0.4, -0.2) is 36.9 Å². The molecule has 0 saturated carbocycles. The Morgan fingerprint density at radius 1 is 1.08 bits per heavy atom. The van der Waals surface area contributed by atoms with Gasteiger partial charge in [-0.1, -0.05) is 30.3 Å². The van der Waals surface area contributed by atoms with Crippen LogP contribution in [0, 0.1) is 0 Å². The Labute approximate surface area is 152 Å². The zero-order chi connectivity index (χ0) is 18.4. The first-order valence-electron chi connectivity index (χ1n) is 8.31. The molecular weight excluding hydrogens is 330 g/mol. The fraction of sp³-hybridized carbons (Fsp3) is 0.200. The molecular formula is C20H21N3O3. The van der Waals surface area contributed by atoms with Gasteiger partial charge in [-0.25, -0.2) is 0 Å². The van der Waals surface area contributed by atoms with Crippen molar-refractivity contribution >= 4 is 5.91 Å². The van der Waals surface area contributed by atoms with Crippen molar-refractivity contribution in [2.75, 3.05) is 20.8 Å². The van der Waals surface area contributed by atoms with Gasteiger partial charge in [0.2, 0.25) is 0 Å². The lowest BCUT2D eigenvalue weighted by Crippen LogP contribution is -2.25. The molecule has 0 spiro atoms. The topological polar surface area (TPSA) is 76.2 Å². The number of hydrogen-bond acceptors (Lipinski definition) is 4. The number of amides is 1. The number of nitrogens with one attached hydrogen (secondary N) is 2. The van der Waals surface area contributed by atoms with Crippen LogP contribution in [0.15, 0.2) is 54.6 Å². The molecule has 0 atom stereocenters. The van der Waals surface area contributed by atoms with Gasteiger partial charge in [0.15, 0.2) is 0 Å². The smallest absolute Gasteiger partial charge is 0.269 e. The van der Waals surface area contributed by atoms with Crippen molar-refractivity contribution in [3.05, 3.63) is 65.9 Å². The molecule has 3 rings (SSSR count). The summed E-state index contributed by atoms with van der Waals surface area (Å²) in [4.78, 5) is 12.3. The van der Waals surface area contributed by atoms with Gasteiger partial charge in [0, 0.05) is 18.2 Å².